The van der Waals surface area contributed by atoms with Gasteiger partial charge in [-0.15, -0.1) is 0 Å². The van der Waals surface area contributed by atoms with Gasteiger partial charge in [0.25, 0.3) is 5.91 Å². The lowest BCUT2D eigenvalue weighted by Gasteiger charge is -2.12. The molecule has 0 aliphatic heterocycles. The Hall–Kier alpha value is -2.29. The number of carbonyl (C=O) groups excluding carboxylic acids is 3. The van der Waals surface area contributed by atoms with Crippen molar-refractivity contribution in [2.75, 3.05) is 20.8 Å². The van der Waals surface area contributed by atoms with Crippen LogP contribution in [-0.4, -0.2) is 44.8 Å². The van der Waals surface area contributed by atoms with Crippen LogP contribution in [0.3, 0.4) is 0 Å². The maximum absolute atomic E-state index is 11.9. The first-order chi connectivity index (χ1) is 11.9. The molecule has 0 spiro atoms. The summed E-state index contributed by atoms with van der Waals surface area (Å²) >= 11 is 3.35. The van der Waals surface area contributed by atoms with Crippen molar-refractivity contribution in [1.82, 2.24) is 10.6 Å². The van der Waals surface area contributed by atoms with E-state index in [1.165, 1.54) is 14.2 Å². The number of esters is 1. The fourth-order valence-corrected chi connectivity index (χ4v) is 2.46. The molecule has 0 bridgehead atoms. The van der Waals surface area contributed by atoms with Crippen molar-refractivity contribution >= 4 is 33.8 Å². The van der Waals surface area contributed by atoms with Gasteiger partial charge in [-0.3, -0.25) is 14.9 Å². The van der Waals surface area contributed by atoms with Gasteiger partial charge in [0.15, 0.2) is 18.1 Å². The zero-order valence-corrected chi connectivity index (χ0v) is 15.5. The van der Waals surface area contributed by atoms with Crippen LogP contribution in [0.15, 0.2) is 16.6 Å². The van der Waals surface area contributed by atoms with E-state index in [-0.39, 0.29) is 12.5 Å². The monoisotopic (exact) mass is 414 g/mol. The third-order valence-electron chi connectivity index (χ3n) is 3.42. The molecule has 1 fully saturated rings. The fraction of sp³-hybridized carbons (Fsp3) is 0.438. The number of imide groups is 1. The second kappa shape index (κ2) is 8.70. The number of ether oxygens (including phenoxy) is 3. The molecule has 8 nitrogen and oxygen atoms in total. The van der Waals surface area contributed by atoms with Gasteiger partial charge in [-0.05, 0) is 30.5 Å². The van der Waals surface area contributed by atoms with Crippen LogP contribution in [0.2, 0.25) is 0 Å². The van der Waals surface area contributed by atoms with Gasteiger partial charge in [-0.25, -0.2) is 4.79 Å². The van der Waals surface area contributed by atoms with Crippen molar-refractivity contribution in [3.05, 3.63) is 22.2 Å². The van der Waals surface area contributed by atoms with Crippen molar-refractivity contribution in [2.24, 2.45) is 0 Å². The maximum atomic E-state index is 11.9. The summed E-state index contributed by atoms with van der Waals surface area (Å²) in [5, 5.41) is 4.70. The van der Waals surface area contributed by atoms with E-state index < -0.39 is 24.5 Å². The largest absolute Gasteiger partial charge is 0.493 e. The third kappa shape index (κ3) is 5.93. The number of hydrogen-bond donors (Lipinski definition) is 2. The minimum absolute atomic E-state index is 0.0670. The third-order valence-corrected chi connectivity index (χ3v) is 4.16. The second-order valence-electron chi connectivity index (χ2n) is 5.43. The molecule has 1 aliphatic rings. The summed E-state index contributed by atoms with van der Waals surface area (Å²) in [4.78, 5) is 34.9. The SMILES string of the molecule is COc1cc(Br)c(CC(=O)OCC(=O)NC(=O)NC2CC2)cc1OC. The summed E-state index contributed by atoms with van der Waals surface area (Å²) in [5.41, 5.74) is 0.620. The zero-order valence-electron chi connectivity index (χ0n) is 13.9. The predicted molar refractivity (Wildman–Crippen MR) is 91.6 cm³/mol. The Labute approximate surface area is 153 Å². The Morgan fingerprint density at radius 2 is 1.80 bits per heavy atom. The molecule has 3 amide bonds. The van der Waals surface area contributed by atoms with E-state index in [2.05, 4.69) is 26.6 Å². The van der Waals surface area contributed by atoms with E-state index >= 15 is 0 Å². The van der Waals surface area contributed by atoms with Gasteiger partial charge in [-0.1, -0.05) is 15.9 Å². The lowest BCUT2D eigenvalue weighted by atomic mass is 10.1. The topological polar surface area (TPSA) is 103 Å². The Morgan fingerprint density at radius 3 is 2.40 bits per heavy atom. The van der Waals surface area contributed by atoms with E-state index in [0.717, 1.165) is 12.8 Å². The Balaban J connectivity index is 1.83. The lowest BCUT2D eigenvalue weighted by molar-refractivity contribution is -0.147. The van der Waals surface area contributed by atoms with Crippen LogP contribution < -0.4 is 20.1 Å². The Morgan fingerprint density at radius 1 is 1.16 bits per heavy atom. The Kier molecular flexibility index (Phi) is 6.63. The number of urea groups is 1. The normalized spacial score (nSPS) is 12.9. The zero-order chi connectivity index (χ0) is 18.4. The van der Waals surface area contributed by atoms with E-state index in [4.69, 9.17) is 14.2 Å². The van der Waals surface area contributed by atoms with Gasteiger partial charge < -0.3 is 19.5 Å². The fourth-order valence-electron chi connectivity index (χ4n) is 2.00. The summed E-state index contributed by atoms with van der Waals surface area (Å²) in [6, 6.07) is 2.88. The number of hydrogen-bond acceptors (Lipinski definition) is 6. The number of nitrogens with one attached hydrogen (secondary N) is 2. The van der Waals surface area contributed by atoms with Crippen molar-refractivity contribution in [3.63, 3.8) is 0 Å². The molecule has 1 saturated carbocycles. The molecule has 136 valence electrons. The van der Waals surface area contributed by atoms with Gasteiger partial charge in [-0.2, -0.15) is 0 Å². The summed E-state index contributed by atoms with van der Waals surface area (Å²) in [6.45, 7) is -0.526. The first kappa shape index (κ1) is 19.0. The van der Waals surface area contributed by atoms with Gasteiger partial charge in [0.2, 0.25) is 0 Å². The number of methoxy groups -OCH3 is 2. The number of amides is 3. The molecule has 1 aromatic carbocycles. The van der Waals surface area contributed by atoms with Gasteiger partial charge in [0.05, 0.1) is 20.6 Å². The molecule has 2 rings (SSSR count). The first-order valence-electron chi connectivity index (χ1n) is 7.59. The van der Waals surface area contributed by atoms with Crippen LogP contribution in [0.5, 0.6) is 11.5 Å². The second-order valence-corrected chi connectivity index (χ2v) is 6.29. The molecular formula is C16H19BrN2O6. The highest BCUT2D eigenvalue weighted by Gasteiger charge is 2.24. The van der Waals surface area contributed by atoms with E-state index in [1.807, 2.05) is 0 Å². The first-order valence-corrected chi connectivity index (χ1v) is 8.38. The van der Waals surface area contributed by atoms with Crippen molar-refractivity contribution < 1.29 is 28.6 Å². The average Bonchev–Trinajstić information content (AvgIpc) is 3.38. The quantitative estimate of drug-likeness (QED) is 0.655. The van der Waals surface area contributed by atoms with E-state index in [1.54, 1.807) is 12.1 Å². The molecule has 9 heteroatoms. The highest BCUT2D eigenvalue weighted by molar-refractivity contribution is 9.10. The number of carbonyl (C=O) groups is 3. The van der Waals surface area contributed by atoms with E-state index in [9.17, 15) is 14.4 Å². The summed E-state index contributed by atoms with van der Waals surface area (Å²) in [7, 11) is 3.00. The van der Waals surface area contributed by atoms with E-state index in [0.29, 0.717) is 21.5 Å². The highest BCUT2D eigenvalue weighted by atomic mass is 79.9. The van der Waals surface area contributed by atoms with Crippen molar-refractivity contribution in [1.29, 1.82) is 0 Å². The maximum Gasteiger partial charge on any atom is 0.321 e. The standard InChI is InChI=1S/C16H19BrN2O6/c1-23-12-5-9(11(17)7-13(12)24-2)6-15(21)25-8-14(20)19-16(22)18-10-3-4-10/h5,7,10H,3-4,6,8H2,1-2H3,(H2,18,19,20,22). The smallest absolute Gasteiger partial charge is 0.321 e. The lowest BCUT2D eigenvalue weighted by Crippen LogP contribution is -2.42. The molecule has 0 radical (unpaired) electrons. The molecule has 0 atom stereocenters. The van der Waals surface area contributed by atoms with Crippen molar-refractivity contribution in [2.45, 2.75) is 25.3 Å². The molecule has 1 aromatic rings. The summed E-state index contributed by atoms with van der Waals surface area (Å²) < 4.78 is 15.9. The van der Waals surface area contributed by atoms with Crippen LogP contribution in [0.25, 0.3) is 0 Å². The van der Waals surface area contributed by atoms with Crippen LogP contribution in [-0.2, 0) is 20.7 Å². The van der Waals surface area contributed by atoms with Crippen LogP contribution in [0.4, 0.5) is 4.79 Å². The summed E-state index contributed by atoms with van der Waals surface area (Å²) in [5.74, 6) is -0.293. The van der Waals surface area contributed by atoms with Crippen LogP contribution in [0.1, 0.15) is 18.4 Å². The number of benzene rings is 1. The predicted octanol–water partition coefficient (Wildman–Crippen LogP) is 1.54. The minimum atomic E-state index is -0.683. The summed E-state index contributed by atoms with van der Waals surface area (Å²) in [6.07, 6.45) is 1.76. The van der Waals surface area contributed by atoms with Crippen LogP contribution in [0, 0.1) is 0 Å². The molecular weight excluding hydrogens is 396 g/mol. The molecule has 0 unspecified atom stereocenters. The van der Waals surface area contributed by atoms with Crippen molar-refractivity contribution in [3.8, 4) is 11.5 Å². The average molecular weight is 415 g/mol. The van der Waals surface area contributed by atoms with Gasteiger partial charge >= 0.3 is 12.0 Å². The highest BCUT2D eigenvalue weighted by Crippen LogP contribution is 2.33. The number of halogens is 1. The minimum Gasteiger partial charge on any atom is -0.493 e. The molecule has 1 aliphatic carbocycles. The van der Waals surface area contributed by atoms with Gasteiger partial charge in [0, 0.05) is 10.5 Å². The number of rotatable bonds is 7. The van der Waals surface area contributed by atoms with Crippen LogP contribution >= 0.6 is 15.9 Å². The molecule has 25 heavy (non-hydrogen) atoms. The molecule has 0 saturated heterocycles. The Bertz CT molecular complexity index is 675. The van der Waals surface area contributed by atoms with Gasteiger partial charge in [0.1, 0.15) is 0 Å². The molecule has 0 heterocycles. The molecule has 0 aromatic heterocycles. The molecule has 2 N–H and O–H groups in total.